The summed E-state index contributed by atoms with van der Waals surface area (Å²) >= 11 is 24.7. The van der Waals surface area contributed by atoms with Crippen LogP contribution in [-0.2, 0) is 43.4 Å². The van der Waals surface area contributed by atoms with Crippen molar-refractivity contribution in [1.29, 1.82) is 0 Å². The Balaban J connectivity index is 0.000000311. The van der Waals surface area contributed by atoms with Gasteiger partial charge in [-0.1, -0.05) is 72.1 Å². The van der Waals surface area contributed by atoms with Crippen molar-refractivity contribution in [2.45, 2.75) is 68.9 Å². The first-order valence-electron chi connectivity index (χ1n) is 17.5. The van der Waals surface area contributed by atoms with Crippen LogP contribution in [0.3, 0.4) is 0 Å². The molecule has 2 heterocycles. The monoisotopic (exact) mass is 893 g/mol. The summed E-state index contributed by atoms with van der Waals surface area (Å²) in [5.41, 5.74) is 3.29. The van der Waals surface area contributed by atoms with E-state index in [2.05, 4.69) is 35.9 Å². The van der Waals surface area contributed by atoms with Crippen LogP contribution in [0.2, 0.25) is 5.02 Å². The van der Waals surface area contributed by atoms with Crippen molar-refractivity contribution in [2.24, 2.45) is 4.99 Å². The molecule has 1 aliphatic heterocycles. The molecule has 1 aliphatic rings. The minimum absolute atomic E-state index is 0.0223. The lowest BCUT2D eigenvalue weighted by molar-refractivity contribution is -0.137. The van der Waals surface area contributed by atoms with Gasteiger partial charge in [-0.05, 0) is 67.7 Å². The fourth-order valence-electron chi connectivity index (χ4n) is 5.46. The zero-order valence-electron chi connectivity index (χ0n) is 32.1. The van der Waals surface area contributed by atoms with E-state index in [4.69, 9.17) is 51.1 Å². The van der Waals surface area contributed by atoms with Crippen LogP contribution >= 0.6 is 69.5 Å². The number of nitrogens with zero attached hydrogens (tertiary/aromatic N) is 5. The van der Waals surface area contributed by atoms with E-state index in [0.717, 1.165) is 65.2 Å². The van der Waals surface area contributed by atoms with Crippen molar-refractivity contribution in [3.63, 3.8) is 0 Å². The third-order valence-corrected chi connectivity index (χ3v) is 11.0. The summed E-state index contributed by atoms with van der Waals surface area (Å²) in [6, 6.07) is 8.69. The Morgan fingerprint density at radius 3 is 2.30 bits per heavy atom. The molecule has 0 aliphatic carbocycles. The van der Waals surface area contributed by atoms with Gasteiger partial charge in [-0.25, -0.2) is 14.1 Å². The summed E-state index contributed by atoms with van der Waals surface area (Å²) in [6.07, 6.45) is 5.99. The molecule has 18 heteroatoms. The Labute approximate surface area is 355 Å². The summed E-state index contributed by atoms with van der Waals surface area (Å²) in [5.74, 6) is -1.35. The highest BCUT2D eigenvalue weighted by molar-refractivity contribution is 8.00. The molecular weight excluding hydrogens is 847 g/mol. The molecule has 3 aromatic rings. The Morgan fingerprint density at radius 2 is 1.75 bits per heavy atom. The largest absolute Gasteiger partial charge is 0.468 e. The average molecular weight is 896 g/mol. The van der Waals surface area contributed by atoms with Gasteiger partial charge < -0.3 is 19.3 Å². The van der Waals surface area contributed by atoms with Gasteiger partial charge >= 0.3 is 10.8 Å². The highest BCUT2D eigenvalue weighted by Crippen LogP contribution is 2.33. The molecule has 2 amide bonds. The third-order valence-electron chi connectivity index (χ3n) is 8.05. The van der Waals surface area contributed by atoms with Gasteiger partial charge in [0.25, 0.3) is 5.91 Å². The molecule has 308 valence electrons. The quantitative estimate of drug-likeness (QED) is 0.0659. The highest BCUT2D eigenvalue weighted by atomic mass is 35.5. The van der Waals surface area contributed by atoms with Gasteiger partial charge in [0.15, 0.2) is 4.84 Å². The van der Waals surface area contributed by atoms with Crippen LogP contribution in [0.1, 0.15) is 37.8 Å². The number of ether oxygens (including phenoxy) is 2. The number of carbonyl (C=O) groups excluding carboxylic acids is 3. The number of thioether (sulfide) groups is 1. The maximum atomic E-state index is 14.3. The number of halogens is 5. The molecule has 56 heavy (non-hydrogen) atoms. The first-order valence-corrected chi connectivity index (χ1v) is 21.1. The maximum Gasteiger partial charge on any atom is 0.325 e. The minimum Gasteiger partial charge on any atom is -0.468 e. The van der Waals surface area contributed by atoms with Crippen molar-refractivity contribution in [1.82, 2.24) is 14.3 Å². The number of methoxy groups -OCH3 is 2. The maximum absolute atomic E-state index is 14.3. The summed E-state index contributed by atoms with van der Waals surface area (Å²) in [4.78, 5) is 54.1. The molecule has 0 N–H and O–H groups in total. The molecule has 0 fully saturated rings. The van der Waals surface area contributed by atoms with Gasteiger partial charge in [-0.15, -0.1) is 36.5 Å². The molecule has 1 aromatic heterocycles. The number of hydrogen-bond donors (Lipinski definition) is 0. The van der Waals surface area contributed by atoms with E-state index in [1.165, 1.54) is 18.1 Å². The van der Waals surface area contributed by atoms with Gasteiger partial charge in [0.1, 0.15) is 17.4 Å². The lowest BCUT2D eigenvalue weighted by atomic mass is 10.0. The van der Waals surface area contributed by atoms with E-state index in [0.29, 0.717) is 42.5 Å². The molecule has 0 saturated carbocycles. The number of hydrogen-bond acceptors (Lipinski definition) is 9. The molecule has 1 unspecified atom stereocenters. The highest BCUT2D eigenvalue weighted by Gasteiger charge is 2.25. The van der Waals surface area contributed by atoms with E-state index >= 15 is 0 Å². The van der Waals surface area contributed by atoms with Crippen molar-refractivity contribution >= 4 is 98.7 Å². The molecule has 11 nitrogen and oxygen atoms in total. The topological polar surface area (TPSA) is 115 Å². The number of aromatic nitrogens is 2. The van der Waals surface area contributed by atoms with E-state index in [-0.39, 0.29) is 45.1 Å². The lowest BCUT2D eigenvalue weighted by Gasteiger charge is -2.31. The zero-order valence-corrected chi connectivity index (χ0v) is 36.7. The second-order valence-corrected chi connectivity index (χ2v) is 15.8. The predicted octanol–water partition coefficient (Wildman–Crippen LogP) is 7.95. The first kappa shape index (κ1) is 49.0. The van der Waals surface area contributed by atoms with Crippen molar-refractivity contribution < 1.29 is 28.2 Å². The van der Waals surface area contributed by atoms with Crippen LogP contribution in [0, 0.1) is 12.7 Å². The van der Waals surface area contributed by atoms with Crippen LogP contribution in [-0.4, -0.2) is 88.5 Å². The number of fused-ring (bicyclic) bond motifs is 1. The van der Waals surface area contributed by atoms with Crippen LogP contribution in [0.5, 0.6) is 0 Å². The van der Waals surface area contributed by atoms with Gasteiger partial charge in [0, 0.05) is 38.2 Å². The Bertz CT molecular complexity index is 1930. The number of aryl methyl sites for hydroxylation is 2. The SMILES string of the molecule is C=CCN(CC=C)C(=O)C(Cl)Cl.CCc1cccc(C)c1N(C(=O)CCl)C(C)COC.COC(=O)CSc1cc(/N=c2\sc(=O)n3n2CCCC3)c(F)cc1Cl. The number of para-hydroxylation sites is 1. The number of carbonyl (C=O) groups is 3. The predicted molar refractivity (Wildman–Crippen MR) is 228 cm³/mol. The Kier molecular flexibility index (Phi) is 22.1. The molecule has 0 bridgehead atoms. The van der Waals surface area contributed by atoms with Gasteiger partial charge in [0.05, 0.1) is 36.2 Å². The molecular formula is C38H48Cl4FN5O6S2. The molecule has 1 atom stereocenters. The molecule has 0 saturated heterocycles. The number of anilines is 1. The summed E-state index contributed by atoms with van der Waals surface area (Å²) < 4.78 is 27.4. The summed E-state index contributed by atoms with van der Waals surface area (Å²) in [6.45, 7) is 15.8. The van der Waals surface area contributed by atoms with E-state index < -0.39 is 16.6 Å². The third kappa shape index (κ3) is 14.4. The van der Waals surface area contributed by atoms with Crippen LogP contribution in [0.15, 0.2) is 70.3 Å². The fourth-order valence-corrected chi connectivity index (χ4v) is 7.85. The molecule has 2 aromatic carbocycles. The van der Waals surface area contributed by atoms with E-state index in [1.807, 2.05) is 26.0 Å². The first-order chi connectivity index (χ1) is 26.7. The van der Waals surface area contributed by atoms with Crippen molar-refractivity contribution in [2.75, 3.05) is 50.4 Å². The van der Waals surface area contributed by atoms with Crippen LogP contribution in [0.25, 0.3) is 0 Å². The van der Waals surface area contributed by atoms with Gasteiger partial charge in [0.2, 0.25) is 10.7 Å². The average Bonchev–Trinajstić information content (AvgIpc) is 3.50. The second kappa shape index (κ2) is 25.3. The zero-order chi connectivity index (χ0) is 41.9. The molecule has 0 radical (unpaired) electrons. The van der Waals surface area contributed by atoms with Gasteiger partial charge in [-0.2, -0.15) is 0 Å². The van der Waals surface area contributed by atoms with E-state index in [1.54, 1.807) is 33.5 Å². The number of esters is 1. The standard InChI is InChI=1S/C15H15ClFN3O3S2.C15H22ClNO2.C8H11Cl2NO/c1-23-13(21)8-24-12-7-11(10(17)6-9(12)16)18-14-19-4-2-3-5-20(19)15(22)25-14;1-5-13-8-6-7-11(2)15(13)17(14(18)9-16)12(3)10-19-4;1-3-5-11(6-4-2)8(12)7(9)10/h6-7H,2-5,8H2,1H3;6-8,12H,5,9-10H2,1-4H3;3-4,7H,1-2,5-6H2/b18-14-;;. The van der Waals surface area contributed by atoms with E-state index in [9.17, 15) is 23.6 Å². The summed E-state index contributed by atoms with van der Waals surface area (Å²) in [5, 5.41) is 0.199. The number of alkyl halides is 3. The Morgan fingerprint density at radius 1 is 1.11 bits per heavy atom. The minimum atomic E-state index is -1.01. The van der Waals surface area contributed by atoms with Crippen LogP contribution in [0.4, 0.5) is 15.8 Å². The number of benzene rings is 2. The smallest absolute Gasteiger partial charge is 0.325 e. The second-order valence-electron chi connectivity index (χ2n) is 12.1. The van der Waals surface area contributed by atoms with Crippen LogP contribution < -0.4 is 14.6 Å². The summed E-state index contributed by atoms with van der Waals surface area (Å²) in [7, 11) is 2.93. The fraction of sp³-hybridized carbons (Fsp3) is 0.447. The molecule has 0 spiro atoms. The normalized spacial score (nSPS) is 12.7. The van der Waals surface area contributed by atoms with Crippen molar-refractivity contribution in [3.05, 3.63) is 92.1 Å². The van der Waals surface area contributed by atoms with Gasteiger partial charge in [-0.3, -0.25) is 23.9 Å². The van der Waals surface area contributed by atoms with Crippen molar-refractivity contribution in [3.8, 4) is 0 Å². The lowest BCUT2D eigenvalue weighted by Crippen LogP contribution is -2.43. The number of rotatable bonds is 15. The molecule has 4 rings (SSSR count). The number of amides is 2. The Hall–Kier alpha value is -3.11.